The molecule has 0 heterocycles. The number of nitrogens with one attached hydrogen (secondary N) is 1. The third-order valence-corrected chi connectivity index (χ3v) is 6.59. The van der Waals surface area contributed by atoms with E-state index in [-0.39, 0.29) is 33.5 Å². The Morgan fingerprint density at radius 2 is 1.70 bits per heavy atom. The number of esters is 1. The summed E-state index contributed by atoms with van der Waals surface area (Å²) in [6.45, 7) is 1.30. The number of carbonyl (C=O) groups excluding carboxylic acids is 2. The van der Waals surface area contributed by atoms with Gasteiger partial charge in [-0.25, -0.2) is 17.6 Å². The first-order valence-corrected chi connectivity index (χ1v) is 11.6. The van der Waals surface area contributed by atoms with Crippen LogP contribution in [0.5, 0.6) is 0 Å². The Morgan fingerprint density at radius 3 is 2.30 bits per heavy atom. The number of hydrogen-bond acceptors (Lipinski definition) is 5. The van der Waals surface area contributed by atoms with E-state index in [9.17, 15) is 22.4 Å². The molecule has 3 rings (SSSR count). The first-order valence-electron chi connectivity index (χ1n) is 9.82. The fourth-order valence-corrected chi connectivity index (χ4v) is 4.57. The summed E-state index contributed by atoms with van der Waals surface area (Å²) in [5.74, 6) is -1.81. The largest absolute Gasteiger partial charge is 0.462 e. The lowest BCUT2D eigenvalue weighted by Gasteiger charge is -2.24. The van der Waals surface area contributed by atoms with Crippen LogP contribution in [0.4, 0.5) is 15.8 Å². The van der Waals surface area contributed by atoms with E-state index in [1.807, 2.05) is 0 Å². The van der Waals surface area contributed by atoms with Gasteiger partial charge in [0, 0.05) is 0 Å². The maximum atomic E-state index is 13.3. The average molecular weight is 491 g/mol. The predicted octanol–water partition coefficient (Wildman–Crippen LogP) is 4.49. The second kappa shape index (κ2) is 10.5. The summed E-state index contributed by atoms with van der Waals surface area (Å²) >= 11 is 6.18. The molecule has 33 heavy (non-hydrogen) atoms. The zero-order chi connectivity index (χ0) is 24.0. The number of nitrogens with zero attached hydrogens (tertiary/aromatic N) is 1. The third-order valence-electron chi connectivity index (χ3n) is 4.49. The number of para-hydroxylation sites is 1. The number of carbonyl (C=O) groups is 2. The van der Waals surface area contributed by atoms with Crippen molar-refractivity contribution in [3.05, 3.63) is 89.2 Å². The molecule has 10 heteroatoms. The summed E-state index contributed by atoms with van der Waals surface area (Å²) in [7, 11) is -4.18. The van der Waals surface area contributed by atoms with E-state index >= 15 is 0 Å². The van der Waals surface area contributed by atoms with Crippen LogP contribution >= 0.6 is 11.6 Å². The molecule has 0 aliphatic heterocycles. The normalized spacial score (nSPS) is 11.0. The first-order chi connectivity index (χ1) is 15.7. The Morgan fingerprint density at radius 1 is 1.03 bits per heavy atom. The van der Waals surface area contributed by atoms with E-state index in [0.717, 1.165) is 28.6 Å². The summed E-state index contributed by atoms with van der Waals surface area (Å²) < 4.78 is 45.6. The molecular formula is C23H20ClFN2O5S. The molecule has 0 saturated carbocycles. The van der Waals surface area contributed by atoms with Gasteiger partial charge >= 0.3 is 5.97 Å². The van der Waals surface area contributed by atoms with Crippen LogP contribution in [0.3, 0.4) is 0 Å². The second-order valence-electron chi connectivity index (χ2n) is 6.76. The number of halogens is 2. The van der Waals surface area contributed by atoms with Crippen LogP contribution in [0.1, 0.15) is 17.3 Å². The fraction of sp³-hybridized carbons (Fsp3) is 0.130. The number of benzene rings is 3. The number of anilines is 2. The molecule has 7 nitrogen and oxygen atoms in total. The predicted molar refractivity (Wildman–Crippen MR) is 123 cm³/mol. The molecular weight excluding hydrogens is 471 g/mol. The Bertz CT molecular complexity index is 1250. The van der Waals surface area contributed by atoms with Crippen molar-refractivity contribution >= 4 is 44.9 Å². The van der Waals surface area contributed by atoms with Gasteiger partial charge in [0.05, 0.1) is 33.5 Å². The number of rotatable bonds is 8. The van der Waals surface area contributed by atoms with E-state index in [1.54, 1.807) is 25.1 Å². The molecule has 0 aliphatic carbocycles. The van der Waals surface area contributed by atoms with Crippen molar-refractivity contribution in [2.45, 2.75) is 11.8 Å². The van der Waals surface area contributed by atoms with Crippen LogP contribution in [0.15, 0.2) is 77.7 Å². The van der Waals surface area contributed by atoms with Gasteiger partial charge < -0.3 is 10.1 Å². The molecule has 0 atom stereocenters. The maximum absolute atomic E-state index is 13.3. The molecule has 0 unspecified atom stereocenters. The van der Waals surface area contributed by atoms with E-state index < -0.39 is 34.3 Å². The quantitative estimate of drug-likeness (QED) is 0.470. The van der Waals surface area contributed by atoms with Gasteiger partial charge in [-0.2, -0.15) is 0 Å². The highest BCUT2D eigenvalue weighted by Crippen LogP contribution is 2.26. The van der Waals surface area contributed by atoms with Crippen molar-refractivity contribution in [1.82, 2.24) is 0 Å². The molecule has 0 aromatic heterocycles. The van der Waals surface area contributed by atoms with Crippen LogP contribution in [-0.2, 0) is 19.6 Å². The highest BCUT2D eigenvalue weighted by Gasteiger charge is 2.27. The molecule has 172 valence electrons. The van der Waals surface area contributed by atoms with Crippen molar-refractivity contribution in [3.8, 4) is 0 Å². The van der Waals surface area contributed by atoms with Gasteiger partial charge in [-0.15, -0.1) is 0 Å². The van der Waals surface area contributed by atoms with E-state index in [0.29, 0.717) is 0 Å². The lowest BCUT2D eigenvalue weighted by molar-refractivity contribution is -0.114. The molecule has 0 spiro atoms. The SMILES string of the molecule is CCOC(=O)c1ccc(NC(=O)CN(c2ccccc2)S(=O)(=O)c2ccc(F)cc2)c(Cl)c1. The molecule has 0 saturated heterocycles. The molecule has 0 aliphatic rings. The summed E-state index contributed by atoms with van der Waals surface area (Å²) in [4.78, 5) is 24.4. The van der Waals surface area contributed by atoms with Crippen molar-refractivity contribution in [1.29, 1.82) is 0 Å². The van der Waals surface area contributed by atoms with Gasteiger partial charge in [-0.1, -0.05) is 29.8 Å². The van der Waals surface area contributed by atoms with Gasteiger partial charge in [-0.3, -0.25) is 9.10 Å². The van der Waals surface area contributed by atoms with E-state index in [1.165, 1.54) is 30.3 Å². The molecule has 0 fully saturated rings. The van der Waals surface area contributed by atoms with E-state index in [2.05, 4.69) is 5.32 Å². The third kappa shape index (κ3) is 5.88. The average Bonchev–Trinajstić information content (AvgIpc) is 2.79. The fourth-order valence-electron chi connectivity index (χ4n) is 2.92. The topological polar surface area (TPSA) is 92.8 Å². The minimum Gasteiger partial charge on any atom is -0.462 e. The zero-order valence-electron chi connectivity index (χ0n) is 17.5. The smallest absolute Gasteiger partial charge is 0.338 e. The monoisotopic (exact) mass is 490 g/mol. The molecule has 1 N–H and O–H groups in total. The van der Waals surface area contributed by atoms with Crippen molar-refractivity contribution < 1.29 is 27.1 Å². The minimum absolute atomic E-state index is 0.0848. The highest BCUT2D eigenvalue weighted by molar-refractivity contribution is 7.92. The van der Waals surface area contributed by atoms with Crippen LogP contribution in [0.25, 0.3) is 0 Å². The maximum Gasteiger partial charge on any atom is 0.338 e. The van der Waals surface area contributed by atoms with E-state index in [4.69, 9.17) is 16.3 Å². The van der Waals surface area contributed by atoms with Crippen molar-refractivity contribution in [2.75, 3.05) is 22.8 Å². The number of sulfonamides is 1. The Hall–Kier alpha value is -3.43. The molecule has 3 aromatic rings. The highest BCUT2D eigenvalue weighted by atomic mass is 35.5. The zero-order valence-corrected chi connectivity index (χ0v) is 19.1. The lowest BCUT2D eigenvalue weighted by Crippen LogP contribution is -2.38. The van der Waals surface area contributed by atoms with Gasteiger partial charge in [0.25, 0.3) is 10.0 Å². The van der Waals surface area contributed by atoms with Gasteiger partial charge in [0.15, 0.2) is 0 Å². The summed E-state index contributed by atoms with van der Waals surface area (Å²) in [5.41, 5.74) is 0.660. The Kier molecular flexibility index (Phi) is 7.67. The van der Waals surface area contributed by atoms with Crippen LogP contribution < -0.4 is 9.62 Å². The number of hydrogen-bond donors (Lipinski definition) is 1. The summed E-state index contributed by atoms with van der Waals surface area (Å²) in [6.07, 6.45) is 0. The Balaban J connectivity index is 1.86. The molecule has 1 amide bonds. The van der Waals surface area contributed by atoms with Crippen molar-refractivity contribution in [2.24, 2.45) is 0 Å². The first kappa shape index (κ1) is 24.2. The van der Waals surface area contributed by atoms with Gasteiger partial charge in [0.2, 0.25) is 5.91 Å². The molecule has 0 radical (unpaired) electrons. The number of amides is 1. The summed E-state index contributed by atoms with van der Waals surface area (Å²) in [5, 5.41) is 2.64. The van der Waals surface area contributed by atoms with Gasteiger partial charge in [-0.05, 0) is 61.5 Å². The number of ether oxygens (including phenoxy) is 1. The lowest BCUT2D eigenvalue weighted by atomic mass is 10.2. The van der Waals surface area contributed by atoms with Crippen molar-refractivity contribution in [3.63, 3.8) is 0 Å². The minimum atomic E-state index is -4.18. The molecule has 0 bridgehead atoms. The Labute approximate surface area is 195 Å². The standard InChI is InChI=1S/C23H20ClFN2O5S/c1-2-32-23(29)16-8-13-21(20(24)14-16)26-22(28)15-27(18-6-4-3-5-7-18)33(30,31)19-11-9-17(25)10-12-19/h3-14H,2,15H2,1H3,(H,26,28). The van der Waals surface area contributed by atoms with Crippen LogP contribution in [0.2, 0.25) is 5.02 Å². The van der Waals surface area contributed by atoms with Gasteiger partial charge in [0.1, 0.15) is 12.4 Å². The molecule has 3 aromatic carbocycles. The summed E-state index contributed by atoms with van der Waals surface area (Å²) in [6, 6.07) is 16.6. The van der Waals surface area contributed by atoms with Crippen LogP contribution in [0, 0.1) is 5.82 Å². The van der Waals surface area contributed by atoms with Crippen LogP contribution in [-0.4, -0.2) is 33.4 Å². The second-order valence-corrected chi connectivity index (χ2v) is 9.03.